The highest BCUT2D eigenvalue weighted by atomic mass is 32.2. The van der Waals surface area contributed by atoms with Crippen LogP contribution in [0.4, 0.5) is 5.69 Å². The second-order valence-corrected chi connectivity index (χ2v) is 8.91. The largest absolute Gasteiger partial charge is 0.491 e. The van der Waals surface area contributed by atoms with Crippen molar-refractivity contribution in [2.45, 2.75) is 44.1 Å². The van der Waals surface area contributed by atoms with Crippen molar-refractivity contribution in [1.29, 1.82) is 0 Å². The lowest BCUT2D eigenvalue weighted by Crippen LogP contribution is -2.26. The van der Waals surface area contributed by atoms with Crippen LogP contribution in [0.15, 0.2) is 53.4 Å². The van der Waals surface area contributed by atoms with Gasteiger partial charge >= 0.3 is 0 Å². The number of sulfonamides is 1. The molecule has 1 fully saturated rings. The van der Waals surface area contributed by atoms with Crippen molar-refractivity contribution in [2.24, 2.45) is 0 Å². The number of anilines is 1. The van der Waals surface area contributed by atoms with Crippen LogP contribution in [-0.4, -0.2) is 34.2 Å². The van der Waals surface area contributed by atoms with E-state index in [0.717, 1.165) is 18.7 Å². The molecule has 0 unspecified atom stereocenters. The van der Waals surface area contributed by atoms with Gasteiger partial charge in [-0.2, -0.15) is 0 Å². The molecule has 1 saturated heterocycles. The lowest BCUT2D eigenvalue weighted by Gasteiger charge is -2.17. The average Bonchev–Trinajstić information content (AvgIpc) is 3.17. The third-order valence-corrected chi connectivity index (χ3v) is 6.10. The molecule has 2 aromatic rings. The Balaban J connectivity index is 1.52. The van der Waals surface area contributed by atoms with Gasteiger partial charge in [0, 0.05) is 25.3 Å². The van der Waals surface area contributed by atoms with Crippen LogP contribution in [0.2, 0.25) is 0 Å². The summed E-state index contributed by atoms with van der Waals surface area (Å²) in [6, 6.07) is 14.9. The van der Waals surface area contributed by atoms with Crippen molar-refractivity contribution in [3.05, 3.63) is 54.1 Å². The van der Waals surface area contributed by atoms with Gasteiger partial charge in [-0.15, -0.1) is 0 Å². The third kappa shape index (κ3) is 5.47. The van der Waals surface area contributed by atoms with Crippen LogP contribution in [0.3, 0.4) is 0 Å². The molecule has 27 heavy (non-hydrogen) atoms. The van der Waals surface area contributed by atoms with E-state index in [1.165, 1.54) is 18.5 Å². The first-order chi connectivity index (χ1) is 12.9. The Kier molecular flexibility index (Phi) is 6.39. The van der Waals surface area contributed by atoms with Crippen molar-refractivity contribution >= 4 is 15.7 Å². The zero-order valence-electron chi connectivity index (χ0n) is 16.0. The molecule has 0 spiro atoms. The van der Waals surface area contributed by atoms with Crippen molar-refractivity contribution in [1.82, 2.24) is 4.72 Å². The zero-order chi connectivity index (χ0) is 19.3. The molecule has 0 aliphatic carbocycles. The highest BCUT2D eigenvalue weighted by molar-refractivity contribution is 7.89. The van der Waals surface area contributed by atoms with Crippen LogP contribution in [-0.2, 0) is 16.4 Å². The summed E-state index contributed by atoms with van der Waals surface area (Å²) in [5.74, 6) is 0.669. The van der Waals surface area contributed by atoms with E-state index in [2.05, 4.69) is 33.9 Å². The SMILES string of the molecule is CC(C)Oc1ccc(S(=O)(=O)NCCc2ccc(N3CCCC3)cc2)cc1. The van der Waals surface area contributed by atoms with E-state index in [-0.39, 0.29) is 11.0 Å². The normalized spacial score (nSPS) is 14.7. The molecule has 1 aliphatic heterocycles. The van der Waals surface area contributed by atoms with E-state index < -0.39 is 10.0 Å². The van der Waals surface area contributed by atoms with Crippen molar-refractivity contribution in [3.8, 4) is 5.75 Å². The number of benzene rings is 2. The Labute approximate surface area is 162 Å². The molecular weight excluding hydrogens is 360 g/mol. The molecule has 1 heterocycles. The minimum absolute atomic E-state index is 0.0578. The van der Waals surface area contributed by atoms with Gasteiger partial charge in [0.15, 0.2) is 0 Å². The number of ether oxygens (including phenoxy) is 1. The lowest BCUT2D eigenvalue weighted by molar-refractivity contribution is 0.242. The Hall–Kier alpha value is -2.05. The van der Waals surface area contributed by atoms with E-state index >= 15 is 0 Å². The number of rotatable bonds is 8. The summed E-state index contributed by atoms with van der Waals surface area (Å²) in [4.78, 5) is 2.64. The molecule has 1 aliphatic rings. The van der Waals surface area contributed by atoms with E-state index in [0.29, 0.717) is 18.7 Å². The zero-order valence-corrected chi connectivity index (χ0v) is 16.8. The lowest BCUT2D eigenvalue weighted by atomic mass is 10.1. The predicted molar refractivity (Wildman–Crippen MR) is 109 cm³/mol. The van der Waals surface area contributed by atoms with Gasteiger partial charge < -0.3 is 9.64 Å². The van der Waals surface area contributed by atoms with E-state index in [4.69, 9.17) is 4.74 Å². The fourth-order valence-electron chi connectivity index (χ4n) is 3.23. The molecule has 2 aromatic carbocycles. The molecule has 0 radical (unpaired) electrons. The summed E-state index contributed by atoms with van der Waals surface area (Å²) >= 11 is 0. The monoisotopic (exact) mass is 388 g/mol. The fraction of sp³-hybridized carbons (Fsp3) is 0.429. The van der Waals surface area contributed by atoms with Gasteiger partial charge in [0.05, 0.1) is 11.0 Å². The van der Waals surface area contributed by atoms with Gasteiger partial charge in [0.2, 0.25) is 10.0 Å². The summed E-state index contributed by atoms with van der Waals surface area (Å²) in [5, 5.41) is 0. The molecular formula is C21H28N2O3S. The van der Waals surface area contributed by atoms with Gasteiger partial charge in [-0.1, -0.05) is 12.1 Å². The number of nitrogens with zero attached hydrogens (tertiary/aromatic N) is 1. The maximum atomic E-state index is 12.4. The second kappa shape index (κ2) is 8.76. The van der Waals surface area contributed by atoms with Crippen LogP contribution in [0, 0.1) is 0 Å². The average molecular weight is 389 g/mol. The number of hydrogen-bond acceptors (Lipinski definition) is 4. The first kappa shape index (κ1) is 19.7. The minimum atomic E-state index is -3.51. The number of nitrogens with one attached hydrogen (secondary N) is 1. The van der Waals surface area contributed by atoms with Gasteiger partial charge in [-0.3, -0.25) is 0 Å². The number of hydrogen-bond donors (Lipinski definition) is 1. The highest BCUT2D eigenvalue weighted by Gasteiger charge is 2.14. The predicted octanol–water partition coefficient (Wildman–Crippen LogP) is 3.60. The summed E-state index contributed by atoms with van der Waals surface area (Å²) in [6.45, 7) is 6.49. The van der Waals surface area contributed by atoms with Crippen LogP contribution in [0.5, 0.6) is 5.75 Å². The topological polar surface area (TPSA) is 58.6 Å². The molecule has 5 nitrogen and oxygen atoms in total. The summed E-state index contributed by atoms with van der Waals surface area (Å²) in [7, 11) is -3.51. The molecule has 0 bridgehead atoms. The maximum Gasteiger partial charge on any atom is 0.240 e. The fourth-order valence-corrected chi connectivity index (χ4v) is 4.26. The van der Waals surface area contributed by atoms with E-state index in [9.17, 15) is 8.42 Å². The van der Waals surface area contributed by atoms with Crippen molar-refractivity contribution in [2.75, 3.05) is 24.5 Å². The van der Waals surface area contributed by atoms with Crippen LogP contribution < -0.4 is 14.4 Å². The van der Waals surface area contributed by atoms with Gasteiger partial charge in [0.1, 0.15) is 5.75 Å². The first-order valence-corrected chi connectivity index (χ1v) is 11.0. The Bertz CT molecular complexity index is 825. The van der Waals surface area contributed by atoms with Crippen molar-refractivity contribution < 1.29 is 13.2 Å². The first-order valence-electron chi connectivity index (χ1n) is 9.54. The van der Waals surface area contributed by atoms with Gasteiger partial charge in [0.25, 0.3) is 0 Å². The summed E-state index contributed by atoms with van der Waals surface area (Å²) in [6.07, 6.45) is 3.23. The summed E-state index contributed by atoms with van der Waals surface area (Å²) in [5.41, 5.74) is 2.38. The molecule has 1 N–H and O–H groups in total. The van der Waals surface area contributed by atoms with Gasteiger partial charge in [-0.25, -0.2) is 13.1 Å². The van der Waals surface area contributed by atoms with E-state index in [1.54, 1.807) is 24.3 Å². The second-order valence-electron chi connectivity index (χ2n) is 7.15. The highest BCUT2D eigenvalue weighted by Crippen LogP contribution is 2.21. The molecule has 0 amide bonds. The summed E-state index contributed by atoms with van der Waals surface area (Å²) < 4.78 is 33.1. The standard InChI is InChI=1S/C21H28N2O3S/c1-17(2)26-20-9-11-21(12-10-20)27(24,25)22-14-13-18-5-7-19(8-6-18)23-15-3-4-16-23/h5-12,17,22H,3-4,13-16H2,1-2H3. The Morgan fingerprint density at radius 1 is 1.00 bits per heavy atom. The quantitative estimate of drug-likeness (QED) is 0.751. The molecule has 146 valence electrons. The van der Waals surface area contributed by atoms with Gasteiger partial charge in [-0.05, 0) is 75.1 Å². The maximum absolute atomic E-state index is 12.4. The molecule has 0 saturated carbocycles. The van der Waals surface area contributed by atoms with Crippen LogP contribution >= 0.6 is 0 Å². The Morgan fingerprint density at radius 2 is 1.63 bits per heavy atom. The minimum Gasteiger partial charge on any atom is -0.491 e. The Morgan fingerprint density at radius 3 is 2.22 bits per heavy atom. The van der Waals surface area contributed by atoms with Crippen LogP contribution in [0.1, 0.15) is 32.3 Å². The molecule has 3 rings (SSSR count). The van der Waals surface area contributed by atoms with Crippen LogP contribution in [0.25, 0.3) is 0 Å². The third-order valence-electron chi connectivity index (χ3n) is 4.62. The smallest absolute Gasteiger partial charge is 0.240 e. The van der Waals surface area contributed by atoms with Crippen molar-refractivity contribution in [3.63, 3.8) is 0 Å². The molecule has 6 heteroatoms. The molecule has 0 aromatic heterocycles. The van der Waals surface area contributed by atoms with E-state index in [1.807, 2.05) is 13.8 Å². The molecule has 0 atom stereocenters.